The molecule has 0 aromatic heterocycles. The number of guanidine groups is 1. The molecule has 0 spiro atoms. The van der Waals surface area contributed by atoms with Gasteiger partial charge in [0.15, 0.2) is 5.96 Å². The monoisotopic (exact) mass is 487 g/mol. The number of halogens is 3. The van der Waals surface area contributed by atoms with Gasteiger partial charge in [-0.1, -0.05) is 15.9 Å². The van der Waals surface area contributed by atoms with E-state index in [1.807, 2.05) is 13.8 Å². The number of rotatable bonds is 8. The van der Waals surface area contributed by atoms with Crippen molar-refractivity contribution in [1.82, 2.24) is 10.6 Å². The maximum Gasteiger partial charge on any atom is 0.191 e. The van der Waals surface area contributed by atoms with Crippen LogP contribution in [0.1, 0.15) is 25.8 Å². The lowest BCUT2D eigenvalue weighted by Crippen LogP contribution is -2.38. The zero-order valence-corrected chi connectivity index (χ0v) is 16.9. The summed E-state index contributed by atoms with van der Waals surface area (Å²) in [6.07, 6.45) is 0.919. The Morgan fingerprint density at radius 3 is 2.77 bits per heavy atom. The Bertz CT molecular complexity index is 460. The normalized spacial score (nSPS) is 11.0. The van der Waals surface area contributed by atoms with E-state index in [-0.39, 0.29) is 29.8 Å². The lowest BCUT2D eigenvalue weighted by atomic mass is 10.2. The summed E-state index contributed by atoms with van der Waals surface area (Å²) in [7, 11) is 0. The molecule has 0 heterocycles. The van der Waals surface area contributed by atoms with E-state index in [4.69, 9.17) is 4.74 Å². The maximum atomic E-state index is 13.2. The number of hydrogen-bond donors (Lipinski definition) is 2. The average Bonchev–Trinajstić information content (AvgIpc) is 2.47. The summed E-state index contributed by atoms with van der Waals surface area (Å²) < 4.78 is 19.4. The molecule has 1 aromatic rings. The van der Waals surface area contributed by atoms with E-state index in [1.165, 1.54) is 12.1 Å². The lowest BCUT2D eigenvalue weighted by Gasteiger charge is -2.11. The third kappa shape index (κ3) is 8.89. The molecule has 1 rings (SSSR count). The van der Waals surface area contributed by atoms with Gasteiger partial charge < -0.3 is 15.4 Å². The lowest BCUT2D eigenvalue weighted by molar-refractivity contribution is 0.145. The van der Waals surface area contributed by atoms with Crippen LogP contribution in [0, 0.1) is 5.82 Å². The van der Waals surface area contributed by atoms with Crippen molar-refractivity contribution >= 4 is 45.9 Å². The molecule has 0 aliphatic heterocycles. The second-order valence-electron chi connectivity index (χ2n) is 4.41. The molecule has 0 saturated carbocycles. The molecule has 0 unspecified atom stereocenters. The van der Waals surface area contributed by atoms with Crippen molar-refractivity contribution < 1.29 is 9.13 Å². The zero-order valence-electron chi connectivity index (χ0n) is 13.0. The first-order valence-corrected chi connectivity index (χ1v) is 8.00. The highest BCUT2D eigenvalue weighted by Gasteiger charge is 2.02. The molecule has 22 heavy (non-hydrogen) atoms. The zero-order chi connectivity index (χ0) is 15.5. The van der Waals surface area contributed by atoms with Crippen LogP contribution in [0.2, 0.25) is 0 Å². The minimum Gasteiger partial charge on any atom is -0.382 e. The highest BCUT2D eigenvalue weighted by atomic mass is 127. The smallest absolute Gasteiger partial charge is 0.191 e. The van der Waals surface area contributed by atoms with Crippen LogP contribution in [0.3, 0.4) is 0 Å². The Morgan fingerprint density at radius 1 is 1.32 bits per heavy atom. The van der Waals surface area contributed by atoms with Gasteiger partial charge in [0.2, 0.25) is 0 Å². The first-order chi connectivity index (χ1) is 10.2. The van der Waals surface area contributed by atoms with E-state index >= 15 is 0 Å². The van der Waals surface area contributed by atoms with Gasteiger partial charge in [0.1, 0.15) is 5.82 Å². The van der Waals surface area contributed by atoms with Crippen LogP contribution < -0.4 is 10.6 Å². The minimum atomic E-state index is -0.252. The molecule has 126 valence electrons. The fourth-order valence-electron chi connectivity index (χ4n) is 1.70. The van der Waals surface area contributed by atoms with Crippen LogP contribution in [0.25, 0.3) is 0 Å². The average molecular weight is 488 g/mol. The third-order valence-electron chi connectivity index (χ3n) is 2.72. The summed E-state index contributed by atoms with van der Waals surface area (Å²) in [6.45, 7) is 7.45. The molecule has 0 aliphatic carbocycles. The van der Waals surface area contributed by atoms with Crippen LogP contribution in [0.5, 0.6) is 0 Å². The third-order valence-corrected chi connectivity index (χ3v) is 3.50. The van der Waals surface area contributed by atoms with Gasteiger partial charge in [-0.2, -0.15) is 0 Å². The Labute approximate surface area is 157 Å². The first kappa shape index (κ1) is 21.6. The van der Waals surface area contributed by atoms with E-state index in [0.717, 1.165) is 48.7 Å². The van der Waals surface area contributed by atoms with Gasteiger partial charge in [-0.3, -0.25) is 0 Å². The molecular formula is C15H24BrFIN3O. The van der Waals surface area contributed by atoms with Gasteiger partial charge in [0, 0.05) is 30.8 Å². The first-order valence-electron chi connectivity index (χ1n) is 7.21. The number of aliphatic imine (C=N–C) groups is 1. The molecule has 0 aliphatic rings. The van der Waals surface area contributed by atoms with Gasteiger partial charge in [-0.05, 0) is 44.0 Å². The fourth-order valence-corrected chi connectivity index (χ4v) is 2.07. The van der Waals surface area contributed by atoms with Crippen LogP contribution in [-0.2, 0) is 11.3 Å². The quantitative estimate of drug-likeness (QED) is 0.254. The molecule has 1 aromatic carbocycles. The van der Waals surface area contributed by atoms with Gasteiger partial charge in [0.05, 0.1) is 6.54 Å². The predicted octanol–water partition coefficient (Wildman–Crippen LogP) is 3.69. The van der Waals surface area contributed by atoms with Crippen molar-refractivity contribution in [3.63, 3.8) is 0 Å². The molecule has 0 fully saturated rings. The van der Waals surface area contributed by atoms with Crippen LogP contribution >= 0.6 is 39.9 Å². The molecule has 4 nitrogen and oxygen atoms in total. The molecule has 0 amide bonds. The van der Waals surface area contributed by atoms with Crippen molar-refractivity contribution in [2.75, 3.05) is 26.3 Å². The maximum absolute atomic E-state index is 13.2. The predicted molar refractivity (Wildman–Crippen MR) is 103 cm³/mol. The van der Waals surface area contributed by atoms with Crippen molar-refractivity contribution in [1.29, 1.82) is 0 Å². The van der Waals surface area contributed by atoms with E-state index in [0.29, 0.717) is 6.54 Å². The molecule has 0 radical (unpaired) electrons. The summed E-state index contributed by atoms with van der Waals surface area (Å²) in [6, 6.07) is 4.61. The summed E-state index contributed by atoms with van der Waals surface area (Å²) in [5, 5.41) is 6.40. The van der Waals surface area contributed by atoms with Crippen LogP contribution in [-0.4, -0.2) is 32.3 Å². The summed E-state index contributed by atoms with van der Waals surface area (Å²) >= 11 is 3.41. The Morgan fingerprint density at radius 2 is 2.09 bits per heavy atom. The Kier molecular flexibility index (Phi) is 12.8. The van der Waals surface area contributed by atoms with Gasteiger partial charge in [-0.25, -0.2) is 9.38 Å². The molecule has 0 saturated heterocycles. The number of ether oxygens (including phenoxy) is 1. The number of benzene rings is 1. The van der Waals surface area contributed by atoms with Crippen LogP contribution in [0.15, 0.2) is 27.7 Å². The second-order valence-corrected chi connectivity index (χ2v) is 5.26. The van der Waals surface area contributed by atoms with Gasteiger partial charge in [-0.15, -0.1) is 24.0 Å². The van der Waals surface area contributed by atoms with Gasteiger partial charge in [0.25, 0.3) is 0 Å². The molecule has 0 bridgehead atoms. The fraction of sp³-hybridized carbons (Fsp3) is 0.533. The van der Waals surface area contributed by atoms with Crippen molar-refractivity contribution in [2.24, 2.45) is 4.99 Å². The molecule has 7 heteroatoms. The van der Waals surface area contributed by atoms with Gasteiger partial charge >= 0.3 is 0 Å². The Hall–Kier alpha value is -0.410. The largest absolute Gasteiger partial charge is 0.382 e. The minimum absolute atomic E-state index is 0. The molecule has 2 N–H and O–H groups in total. The summed E-state index contributed by atoms with van der Waals surface area (Å²) in [5.74, 6) is 0.475. The van der Waals surface area contributed by atoms with Crippen molar-refractivity contribution in [2.45, 2.75) is 26.8 Å². The highest BCUT2D eigenvalue weighted by Crippen LogP contribution is 2.18. The Balaban J connectivity index is 0.00000441. The van der Waals surface area contributed by atoms with Crippen molar-refractivity contribution in [3.8, 4) is 0 Å². The summed E-state index contributed by atoms with van der Waals surface area (Å²) in [5.41, 5.74) is 0.821. The SMILES string of the molecule is CCNC(=NCc1cc(F)ccc1Br)NCCCOCC.I. The van der Waals surface area contributed by atoms with E-state index < -0.39 is 0 Å². The van der Waals surface area contributed by atoms with Crippen molar-refractivity contribution in [3.05, 3.63) is 34.1 Å². The molecule has 0 atom stereocenters. The van der Waals surface area contributed by atoms with E-state index in [2.05, 4.69) is 31.6 Å². The van der Waals surface area contributed by atoms with E-state index in [1.54, 1.807) is 6.07 Å². The second kappa shape index (κ2) is 13.1. The number of nitrogens with zero attached hydrogens (tertiary/aromatic N) is 1. The topological polar surface area (TPSA) is 45.7 Å². The van der Waals surface area contributed by atoms with E-state index in [9.17, 15) is 4.39 Å². The highest BCUT2D eigenvalue weighted by molar-refractivity contribution is 14.0. The molecular weight excluding hydrogens is 464 g/mol. The standard InChI is InChI=1S/C15H23BrFN3O.HI/c1-3-18-15(19-8-5-9-21-4-2)20-11-12-10-13(17)6-7-14(12)16;/h6-7,10H,3-5,8-9,11H2,1-2H3,(H2,18,19,20);1H. The number of hydrogen-bond acceptors (Lipinski definition) is 2. The number of nitrogens with one attached hydrogen (secondary N) is 2. The van der Waals surface area contributed by atoms with Crippen LogP contribution in [0.4, 0.5) is 4.39 Å². The summed E-state index contributed by atoms with van der Waals surface area (Å²) in [4.78, 5) is 4.46.